The SMILES string of the molecule is N[C@@H](Cc1c(C2OC(CO)C(O)C(O)C2O)[nH]c2ccccc12)C(=O)O. The van der Waals surface area contributed by atoms with E-state index in [9.17, 15) is 25.2 Å². The van der Waals surface area contributed by atoms with Gasteiger partial charge in [-0.1, -0.05) is 18.2 Å². The molecule has 0 spiro atoms. The number of H-pyrrole nitrogens is 1. The number of rotatable bonds is 5. The fraction of sp³-hybridized carbons (Fsp3) is 0.471. The molecule has 0 amide bonds. The third-order valence-electron chi connectivity index (χ3n) is 4.76. The summed E-state index contributed by atoms with van der Waals surface area (Å²) in [6.45, 7) is -0.550. The summed E-state index contributed by atoms with van der Waals surface area (Å²) >= 11 is 0. The van der Waals surface area contributed by atoms with Crippen LogP contribution in [0.2, 0.25) is 0 Å². The van der Waals surface area contributed by atoms with Gasteiger partial charge in [-0.15, -0.1) is 0 Å². The van der Waals surface area contributed by atoms with Crippen LogP contribution in [0, 0.1) is 0 Å². The Morgan fingerprint density at radius 2 is 1.88 bits per heavy atom. The van der Waals surface area contributed by atoms with E-state index in [-0.39, 0.29) is 6.42 Å². The second-order valence-corrected chi connectivity index (χ2v) is 6.46. The lowest BCUT2D eigenvalue weighted by Crippen LogP contribution is -2.55. The number of carboxylic acids is 1. The topological polar surface area (TPSA) is 169 Å². The van der Waals surface area contributed by atoms with Gasteiger partial charge in [-0.2, -0.15) is 0 Å². The van der Waals surface area contributed by atoms with Crippen molar-refractivity contribution in [3.05, 3.63) is 35.5 Å². The number of carboxylic acid groups (broad SMARTS) is 1. The van der Waals surface area contributed by atoms with E-state index >= 15 is 0 Å². The van der Waals surface area contributed by atoms with Crippen LogP contribution in [0.1, 0.15) is 17.4 Å². The molecule has 2 heterocycles. The van der Waals surface area contributed by atoms with Crippen LogP contribution in [0.25, 0.3) is 10.9 Å². The Hall–Kier alpha value is -2.01. The summed E-state index contributed by atoms with van der Waals surface area (Å²) in [4.78, 5) is 14.3. The van der Waals surface area contributed by atoms with Crippen molar-refractivity contribution in [1.29, 1.82) is 0 Å². The van der Waals surface area contributed by atoms with Crippen molar-refractivity contribution in [3.8, 4) is 0 Å². The van der Waals surface area contributed by atoms with Crippen molar-refractivity contribution in [2.75, 3.05) is 6.61 Å². The van der Waals surface area contributed by atoms with Crippen molar-refractivity contribution in [2.24, 2.45) is 5.73 Å². The van der Waals surface area contributed by atoms with E-state index in [1.165, 1.54) is 0 Å². The number of nitrogens with two attached hydrogens (primary N) is 1. The van der Waals surface area contributed by atoms with Crippen molar-refractivity contribution in [3.63, 3.8) is 0 Å². The maximum atomic E-state index is 11.2. The standard InChI is InChI=1S/C17H22N2O7/c18-9(17(24)25)5-8-7-3-1-2-4-10(7)19-12(8)16-15(23)14(22)13(21)11(6-20)26-16/h1-4,9,11,13-16,19-23H,5-6,18H2,(H,24,25)/t9-,11?,13?,14?,15?,16?/m0/s1. The van der Waals surface area contributed by atoms with Gasteiger partial charge in [-0.25, -0.2) is 0 Å². The van der Waals surface area contributed by atoms with E-state index in [1.54, 1.807) is 24.3 Å². The third kappa shape index (κ3) is 3.20. The molecule has 142 valence electrons. The predicted molar refractivity (Wildman–Crippen MR) is 90.3 cm³/mol. The fourth-order valence-corrected chi connectivity index (χ4v) is 3.33. The summed E-state index contributed by atoms with van der Waals surface area (Å²) in [5.74, 6) is -1.17. The number of aromatic nitrogens is 1. The lowest BCUT2D eigenvalue weighted by Gasteiger charge is -2.40. The molecule has 26 heavy (non-hydrogen) atoms. The van der Waals surface area contributed by atoms with Crippen LogP contribution in [-0.2, 0) is 16.0 Å². The molecule has 1 aliphatic rings. The zero-order valence-electron chi connectivity index (χ0n) is 13.8. The van der Waals surface area contributed by atoms with Crippen LogP contribution >= 0.6 is 0 Å². The number of aliphatic hydroxyl groups excluding tert-OH is 4. The number of hydrogen-bond donors (Lipinski definition) is 7. The number of hydrogen-bond acceptors (Lipinski definition) is 7. The van der Waals surface area contributed by atoms with Gasteiger partial charge in [0, 0.05) is 17.3 Å². The number of aliphatic hydroxyl groups is 4. The highest BCUT2D eigenvalue weighted by molar-refractivity contribution is 5.86. The first-order chi connectivity index (χ1) is 12.3. The van der Waals surface area contributed by atoms with E-state index in [0.29, 0.717) is 16.8 Å². The Kier molecular flexibility index (Phi) is 5.28. The monoisotopic (exact) mass is 366 g/mol. The average Bonchev–Trinajstić information content (AvgIpc) is 2.98. The van der Waals surface area contributed by atoms with E-state index in [0.717, 1.165) is 5.39 Å². The molecule has 5 unspecified atom stereocenters. The van der Waals surface area contributed by atoms with E-state index < -0.39 is 49.1 Å². The highest BCUT2D eigenvalue weighted by atomic mass is 16.5. The fourth-order valence-electron chi connectivity index (χ4n) is 3.33. The number of nitrogens with one attached hydrogen (secondary N) is 1. The summed E-state index contributed by atoms with van der Waals surface area (Å²) in [5.41, 5.74) is 7.28. The van der Waals surface area contributed by atoms with Gasteiger partial charge in [0.15, 0.2) is 0 Å². The van der Waals surface area contributed by atoms with Crippen LogP contribution in [0.5, 0.6) is 0 Å². The van der Waals surface area contributed by atoms with Crippen LogP contribution in [0.15, 0.2) is 24.3 Å². The molecule has 9 heteroatoms. The number of aromatic amines is 1. The van der Waals surface area contributed by atoms with Gasteiger partial charge in [-0.05, 0) is 11.6 Å². The summed E-state index contributed by atoms with van der Waals surface area (Å²) < 4.78 is 5.60. The highest BCUT2D eigenvalue weighted by Crippen LogP contribution is 2.36. The van der Waals surface area contributed by atoms with Gasteiger partial charge >= 0.3 is 5.97 Å². The molecule has 0 saturated carbocycles. The first kappa shape index (κ1) is 18.8. The molecular weight excluding hydrogens is 344 g/mol. The second-order valence-electron chi connectivity index (χ2n) is 6.46. The maximum Gasteiger partial charge on any atom is 0.320 e. The molecule has 1 saturated heterocycles. The van der Waals surface area contributed by atoms with E-state index in [4.69, 9.17) is 15.6 Å². The van der Waals surface area contributed by atoms with Crippen LogP contribution in [0.3, 0.4) is 0 Å². The average molecular weight is 366 g/mol. The lowest BCUT2D eigenvalue weighted by atomic mass is 9.90. The quantitative estimate of drug-likeness (QED) is 0.340. The Morgan fingerprint density at radius 1 is 1.19 bits per heavy atom. The van der Waals surface area contributed by atoms with E-state index in [2.05, 4.69) is 4.98 Å². The molecule has 1 aromatic carbocycles. The predicted octanol–water partition coefficient (Wildman–Crippen LogP) is -1.36. The molecule has 1 aromatic heterocycles. The second kappa shape index (κ2) is 7.31. The number of benzene rings is 1. The molecule has 6 atom stereocenters. The molecule has 8 N–H and O–H groups in total. The van der Waals surface area contributed by atoms with Crippen molar-refractivity contribution >= 4 is 16.9 Å². The summed E-state index contributed by atoms with van der Waals surface area (Å²) in [6, 6.07) is 5.96. The third-order valence-corrected chi connectivity index (χ3v) is 4.76. The number of para-hydroxylation sites is 1. The molecule has 9 nitrogen and oxygen atoms in total. The number of aliphatic carboxylic acids is 1. The lowest BCUT2D eigenvalue weighted by molar-refractivity contribution is -0.232. The molecule has 2 aromatic rings. The number of carbonyl (C=O) groups is 1. The van der Waals surface area contributed by atoms with Crippen molar-refractivity contribution < 1.29 is 35.1 Å². The molecule has 3 rings (SSSR count). The Morgan fingerprint density at radius 3 is 2.54 bits per heavy atom. The normalized spacial score (nSPS) is 30.4. The number of ether oxygens (including phenoxy) is 1. The van der Waals surface area contributed by atoms with Gasteiger partial charge in [0.05, 0.1) is 12.3 Å². The van der Waals surface area contributed by atoms with Crippen LogP contribution in [-0.4, -0.2) is 73.6 Å². The molecular formula is C17H22N2O7. The summed E-state index contributed by atoms with van der Waals surface area (Å²) in [5, 5.41) is 49.6. The van der Waals surface area contributed by atoms with Crippen LogP contribution < -0.4 is 5.73 Å². The van der Waals surface area contributed by atoms with Gasteiger partial charge in [0.1, 0.15) is 36.6 Å². The first-order valence-electron chi connectivity index (χ1n) is 8.23. The summed E-state index contributed by atoms with van der Waals surface area (Å²) in [7, 11) is 0. The number of fused-ring (bicyclic) bond motifs is 1. The minimum Gasteiger partial charge on any atom is -0.480 e. The van der Waals surface area contributed by atoms with Gasteiger partial charge in [-0.3, -0.25) is 4.79 Å². The Bertz CT molecular complexity index is 791. The van der Waals surface area contributed by atoms with Gasteiger partial charge in [0.2, 0.25) is 0 Å². The minimum absolute atomic E-state index is 0.0241. The van der Waals surface area contributed by atoms with Crippen molar-refractivity contribution in [2.45, 2.75) is 43.0 Å². The molecule has 1 aliphatic heterocycles. The van der Waals surface area contributed by atoms with E-state index in [1.807, 2.05) is 0 Å². The van der Waals surface area contributed by atoms with Crippen molar-refractivity contribution in [1.82, 2.24) is 4.98 Å². The Balaban J connectivity index is 2.07. The largest absolute Gasteiger partial charge is 0.480 e. The highest BCUT2D eigenvalue weighted by Gasteiger charge is 2.45. The zero-order valence-corrected chi connectivity index (χ0v) is 13.8. The van der Waals surface area contributed by atoms with Crippen LogP contribution in [0.4, 0.5) is 0 Å². The molecule has 0 bridgehead atoms. The Labute approximate surface area is 148 Å². The van der Waals surface area contributed by atoms with Gasteiger partial charge < -0.3 is 41.0 Å². The zero-order chi connectivity index (χ0) is 19.0. The maximum absolute atomic E-state index is 11.2. The van der Waals surface area contributed by atoms with Gasteiger partial charge in [0.25, 0.3) is 0 Å². The smallest absolute Gasteiger partial charge is 0.320 e. The molecule has 0 radical (unpaired) electrons. The minimum atomic E-state index is -1.53. The molecule has 1 fully saturated rings. The first-order valence-corrected chi connectivity index (χ1v) is 8.23. The summed E-state index contributed by atoms with van der Waals surface area (Å²) in [6.07, 6.45) is -6.65. The molecule has 0 aliphatic carbocycles.